The number of nitrogens with zero attached hydrogens (tertiary/aromatic N) is 1. The van der Waals surface area contributed by atoms with E-state index in [1.54, 1.807) is 0 Å². The summed E-state index contributed by atoms with van der Waals surface area (Å²) in [4.78, 5) is 22.7. The molecule has 0 aliphatic heterocycles. The number of carbonyl (C=O) groups is 1. The Kier molecular flexibility index (Phi) is 3.24. The quantitative estimate of drug-likeness (QED) is 0.683. The van der Waals surface area contributed by atoms with Gasteiger partial charge in [-0.15, -0.1) is 0 Å². The Balaban J connectivity index is 3.11. The molecule has 1 N–H and O–H groups in total. The third-order valence-corrected chi connectivity index (χ3v) is 2.77. The summed E-state index contributed by atoms with van der Waals surface area (Å²) in [6, 6.07) is 0.349. The van der Waals surface area contributed by atoms with Gasteiger partial charge in [-0.25, -0.2) is 22.4 Å². The van der Waals surface area contributed by atoms with E-state index in [4.69, 9.17) is 5.11 Å². The van der Waals surface area contributed by atoms with Gasteiger partial charge in [0.15, 0.2) is 23.7 Å². The topological polar surface area (TPSA) is 59.3 Å². The average Bonchev–Trinajstić information content (AvgIpc) is 2.36. The minimum absolute atomic E-state index is 0.349. The Hall–Kier alpha value is -2.38. The van der Waals surface area contributed by atoms with Crippen LogP contribution in [0.4, 0.5) is 17.6 Å². The Bertz CT molecular complexity index is 783. The first-order valence-corrected chi connectivity index (χ1v) is 5.35. The van der Waals surface area contributed by atoms with E-state index in [2.05, 4.69) is 0 Å². The first-order valence-electron chi connectivity index (χ1n) is 5.35. The molecule has 1 aromatic carbocycles. The number of hydrogen-bond donors (Lipinski definition) is 1. The van der Waals surface area contributed by atoms with Crippen LogP contribution in [0.3, 0.4) is 0 Å². The number of aromatic carboxylic acids is 1. The van der Waals surface area contributed by atoms with Gasteiger partial charge in [0.1, 0.15) is 5.56 Å². The molecule has 2 aromatic rings. The van der Waals surface area contributed by atoms with Gasteiger partial charge in [-0.3, -0.25) is 4.79 Å². The number of rotatable bonds is 2. The largest absolute Gasteiger partial charge is 0.477 e. The molecule has 2 rings (SSSR count). The summed E-state index contributed by atoms with van der Waals surface area (Å²) in [5.74, 6) is -6.96. The van der Waals surface area contributed by atoms with Crippen LogP contribution in [0.2, 0.25) is 0 Å². The molecule has 0 saturated carbocycles. The van der Waals surface area contributed by atoms with Crippen molar-refractivity contribution in [2.75, 3.05) is 0 Å². The first-order chi connectivity index (χ1) is 9.25. The SMILES string of the molecule is CC(F)n1cc(C(=O)O)c(=O)c2cc(F)c(F)c(F)c21. The van der Waals surface area contributed by atoms with Crippen LogP contribution >= 0.6 is 0 Å². The van der Waals surface area contributed by atoms with Crippen molar-refractivity contribution in [2.45, 2.75) is 13.2 Å². The van der Waals surface area contributed by atoms with Gasteiger partial charge in [0, 0.05) is 6.20 Å². The van der Waals surface area contributed by atoms with E-state index in [9.17, 15) is 27.2 Å². The fraction of sp³-hybridized carbons (Fsp3) is 0.167. The van der Waals surface area contributed by atoms with Gasteiger partial charge in [-0.1, -0.05) is 0 Å². The van der Waals surface area contributed by atoms with Crippen LogP contribution in [0, 0.1) is 17.5 Å². The maximum Gasteiger partial charge on any atom is 0.341 e. The fourth-order valence-electron chi connectivity index (χ4n) is 1.85. The Morgan fingerprint density at radius 2 is 1.90 bits per heavy atom. The highest BCUT2D eigenvalue weighted by atomic mass is 19.2. The predicted molar refractivity (Wildman–Crippen MR) is 60.9 cm³/mol. The van der Waals surface area contributed by atoms with Crippen molar-refractivity contribution in [2.24, 2.45) is 0 Å². The third kappa shape index (κ3) is 1.93. The lowest BCUT2D eigenvalue weighted by molar-refractivity contribution is 0.0694. The lowest BCUT2D eigenvalue weighted by atomic mass is 10.1. The number of carboxylic acid groups (broad SMARTS) is 1. The lowest BCUT2D eigenvalue weighted by Gasteiger charge is -2.14. The first kappa shape index (κ1) is 14.0. The van der Waals surface area contributed by atoms with E-state index < -0.39 is 51.6 Å². The number of benzene rings is 1. The number of fused-ring (bicyclic) bond motifs is 1. The Labute approximate surface area is 108 Å². The summed E-state index contributed by atoms with van der Waals surface area (Å²) in [5, 5.41) is 8.08. The van der Waals surface area contributed by atoms with Crippen LogP contribution in [0.15, 0.2) is 17.1 Å². The minimum atomic E-state index is -1.95. The van der Waals surface area contributed by atoms with Crippen LogP contribution in [0.1, 0.15) is 23.6 Å². The second kappa shape index (κ2) is 4.62. The molecule has 0 aliphatic carbocycles. The summed E-state index contributed by atoms with van der Waals surface area (Å²) >= 11 is 0. The van der Waals surface area contributed by atoms with E-state index >= 15 is 0 Å². The molecule has 0 aliphatic rings. The molecule has 1 heterocycles. The molecule has 1 unspecified atom stereocenters. The van der Waals surface area contributed by atoms with Crippen molar-refractivity contribution >= 4 is 16.9 Å². The van der Waals surface area contributed by atoms with Crippen LogP contribution in [0.5, 0.6) is 0 Å². The zero-order valence-electron chi connectivity index (χ0n) is 9.95. The normalized spacial score (nSPS) is 12.7. The van der Waals surface area contributed by atoms with E-state index in [0.29, 0.717) is 16.8 Å². The number of pyridine rings is 1. The maximum atomic E-state index is 13.7. The molecule has 0 radical (unpaired) electrons. The molecular weight excluding hydrogens is 282 g/mol. The second-order valence-corrected chi connectivity index (χ2v) is 4.04. The van der Waals surface area contributed by atoms with Gasteiger partial charge in [0.05, 0.1) is 10.9 Å². The number of carboxylic acids is 1. The lowest BCUT2D eigenvalue weighted by Crippen LogP contribution is -2.21. The summed E-state index contributed by atoms with van der Waals surface area (Å²) in [5.41, 5.74) is -2.91. The van der Waals surface area contributed by atoms with Gasteiger partial charge in [0.2, 0.25) is 5.43 Å². The molecule has 8 heteroatoms. The summed E-state index contributed by atoms with van der Waals surface area (Å²) in [7, 11) is 0. The third-order valence-electron chi connectivity index (χ3n) is 2.77. The van der Waals surface area contributed by atoms with Crippen molar-refractivity contribution in [1.29, 1.82) is 0 Å². The molecular formula is C12H7F4NO3. The van der Waals surface area contributed by atoms with Crippen LogP contribution < -0.4 is 5.43 Å². The highest BCUT2D eigenvalue weighted by molar-refractivity contribution is 5.92. The summed E-state index contributed by atoms with van der Waals surface area (Å²) in [6.07, 6.45) is -1.39. The number of halogens is 4. The van der Waals surface area contributed by atoms with Crippen molar-refractivity contribution in [1.82, 2.24) is 4.57 Å². The van der Waals surface area contributed by atoms with Crippen molar-refractivity contribution < 1.29 is 27.5 Å². The standard InChI is InChI=1S/C12H7F4NO3/c1-4(13)17-3-6(12(19)20)11(18)5-2-7(14)8(15)9(16)10(5)17/h2-4H,1H3,(H,19,20). The average molecular weight is 289 g/mol. The van der Waals surface area contributed by atoms with E-state index in [0.717, 1.165) is 6.92 Å². The molecule has 0 bridgehead atoms. The molecule has 1 aromatic heterocycles. The van der Waals surface area contributed by atoms with Crippen molar-refractivity contribution in [3.05, 3.63) is 45.5 Å². The molecule has 0 fully saturated rings. The molecule has 20 heavy (non-hydrogen) atoms. The summed E-state index contributed by atoms with van der Waals surface area (Å²) in [6.45, 7) is 0.927. The van der Waals surface area contributed by atoms with Gasteiger partial charge in [-0.05, 0) is 13.0 Å². The highest BCUT2D eigenvalue weighted by Gasteiger charge is 2.23. The molecule has 0 amide bonds. The number of hydrogen-bond acceptors (Lipinski definition) is 2. The van der Waals surface area contributed by atoms with Crippen molar-refractivity contribution in [3.63, 3.8) is 0 Å². The Morgan fingerprint density at radius 3 is 2.40 bits per heavy atom. The minimum Gasteiger partial charge on any atom is -0.477 e. The van der Waals surface area contributed by atoms with Crippen LogP contribution in [0.25, 0.3) is 10.9 Å². The smallest absolute Gasteiger partial charge is 0.341 e. The van der Waals surface area contributed by atoms with Gasteiger partial charge >= 0.3 is 5.97 Å². The molecule has 106 valence electrons. The zero-order chi connectivity index (χ0) is 15.2. The zero-order valence-corrected chi connectivity index (χ0v) is 9.95. The molecule has 0 saturated heterocycles. The highest BCUT2D eigenvalue weighted by Crippen LogP contribution is 2.24. The second-order valence-electron chi connectivity index (χ2n) is 4.04. The van der Waals surface area contributed by atoms with Gasteiger partial charge in [-0.2, -0.15) is 0 Å². The number of aromatic nitrogens is 1. The van der Waals surface area contributed by atoms with E-state index in [1.807, 2.05) is 0 Å². The monoisotopic (exact) mass is 289 g/mol. The molecule has 4 nitrogen and oxygen atoms in total. The van der Waals surface area contributed by atoms with Gasteiger partial charge in [0.25, 0.3) is 0 Å². The number of alkyl halides is 1. The van der Waals surface area contributed by atoms with E-state index in [-0.39, 0.29) is 0 Å². The fourth-order valence-corrected chi connectivity index (χ4v) is 1.85. The molecule has 1 atom stereocenters. The van der Waals surface area contributed by atoms with Gasteiger partial charge < -0.3 is 9.67 Å². The summed E-state index contributed by atoms with van der Waals surface area (Å²) < 4.78 is 53.9. The predicted octanol–water partition coefficient (Wildman–Crippen LogP) is 2.61. The Morgan fingerprint density at radius 1 is 1.30 bits per heavy atom. The van der Waals surface area contributed by atoms with E-state index in [1.165, 1.54) is 0 Å². The maximum absolute atomic E-state index is 13.7. The van der Waals surface area contributed by atoms with Crippen LogP contribution in [-0.2, 0) is 0 Å². The van der Waals surface area contributed by atoms with Crippen LogP contribution in [-0.4, -0.2) is 15.6 Å². The molecule has 0 spiro atoms. The van der Waals surface area contributed by atoms with Crippen molar-refractivity contribution in [3.8, 4) is 0 Å².